The van der Waals surface area contributed by atoms with Crippen LogP contribution >= 0.6 is 11.8 Å². The van der Waals surface area contributed by atoms with Crippen LogP contribution in [0.3, 0.4) is 0 Å². The van der Waals surface area contributed by atoms with E-state index in [1.807, 2.05) is 13.0 Å². The fourth-order valence-electron chi connectivity index (χ4n) is 2.71. The van der Waals surface area contributed by atoms with Crippen molar-refractivity contribution in [2.24, 2.45) is 0 Å². The molecule has 3 aromatic rings. The molecule has 20 heavy (non-hydrogen) atoms. The highest BCUT2D eigenvalue weighted by molar-refractivity contribution is 7.98. The molecule has 0 atom stereocenters. The first-order chi connectivity index (χ1) is 9.76. The number of methoxy groups -OCH3 is 1. The summed E-state index contributed by atoms with van der Waals surface area (Å²) >= 11 is 1.81. The summed E-state index contributed by atoms with van der Waals surface area (Å²) in [5.74, 6) is 1.85. The average Bonchev–Trinajstić information content (AvgIpc) is 2.84. The van der Waals surface area contributed by atoms with Gasteiger partial charge in [-0.2, -0.15) is 0 Å². The number of rotatable bonds is 1. The third-order valence-corrected chi connectivity index (χ3v) is 4.75. The normalized spacial score (nSPS) is 13.1. The lowest BCUT2D eigenvalue weighted by molar-refractivity contribution is 0.415. The molecule has 0 unspecified atom stereocenters. The van der Waals surface area contributed by atoms with Gasteiger partial charge in [-0.25, -0.2) is 4.98 Å². The van der Waals surface area contributed by atoms with Crippen LogP contribution in [-0.4, -0.2) is 17.1 Å². The Bertz CT molecular complexity index is 823. The predicted octanol–water partition coefficient (Wildman–Crippen LogP) is 4.15. The number of nitrogens with one attached hydrogen (secondary N) is 1. The Labute approximate surface area is 121 Å². The zero-order valence-corrected chi connectivity index (χ0v) is 12.2. The number of aromatic amines is 1. The second-order valence-corrected chi connectivity index (χ2v) is 5.95. The summed E-state index contributed by atoms with van der Waals surface area (Å²) < 4.78 is 5.33. The molecule has 0 saturated carbocycles. The first-order valence-electron chi connectivity index (χ1n) is 6.55. The van der Waals surface area contributed by atoms with E-state index in [1.165, 1.54) is 22.2 Å². The van der Waals surface area contributed by atoms with E-state index in [2.05, 4.69) is 34.2 Å². The van der Waals surface area contributed by atoms with Gasteiger partial charge in [-0.05, 0) is 42.8 Å². The molecule has 0 saturated heterocycles. The minimum absolute atomic E-state index is 0.900. The summed E-state index contributed by atoms with van der Waals surface area (Å²) in [6, 6.07) is 10.4. The number of ether oxygens (including phenoxy) is 1. The summed E-state index contributed by atoms with van der Waals surface area (Å²) in [4.78, 5) is 8.17. The molecule has 0 spiro atoms. The number of hydrogen-bond acceptors (Lipinski definition) is 3. The van der Waals surface area contributed by atoms with Crippen LogP contribution in [0.15, 0.2) is 35.4 Å². The molecule has 0 radical (unpaired) electrons. The molecule has 0 amide bonds. The molecule has 3 heterocycles. The predicted molar refractivity (Wildman–Crippen MR) is 82.4 cm³/mol. The number of nitrogens with zero attached hydrogens (tertiary/aromatic N) is 1. The zero-order valence-electron chi connectivity index (χ0n) is 11.4. The zero-order chi connectivity index (χ0) is 13.7. The molecule has 1 aliphatic rings. The quantitative estimate of drug-likeness (QED) is 0.728. The summed E-state index contributed by atoms with van der Waals surface area (Å²) in [6.45, 7) is 2.03. The van der Waals surface area contributed by atoms with Gasteiger partial charge in [-0.15, -0.1) is 11.8 Å². The number of thioether (sulfide) groups is 1. The summed E-state index contributed by atoms with van der Waals surface area (Å²) in [7, 11) is 1.71. The Balaban J connectivity index is 1.99. The fourth-order valence-corrected chi connectivity index (χ4v) is 3.82. The fraction of sp³-hybridized carbons (Fsp3) is 0.188. The van der Waals surface area contributed by atoms with E-state index >= 15 is 0 Å². The molecular formula is C16H14N2OS. The number of pyridine rings is 1. The molecule has 4 heteroatoms. The summed E-state index contributed by atoms with van der Waals surface area (Å²) in [6.07, 6.45) is 0. The molecule has 0 bridgehead atoms. The number of benzene rings is 1. The molecule has 1 aromatic carbocycles. The standard InChI is InChI=1S/C16H14N2OS/c1-9-3-5-11-15-13(8-20-16(11)17-9)12-7-10(19-2)4-6-14(12)18-15/h3-7,18H,8H2,1-2H3. The van der Waals surface area contributed by atoms with E-state index in [4.69, 9.17) is 4.74 Å². The minimum Gasteiger partial charge on any atom is -0.497 e. The van der Waals surface area contributed by atoms with E-state index in [-0.39, 0.29) is 0 Å². The third kappa shape index (κ3) is 1.64. The van der Waals surface area contributed by atoms with Crippen molar-refractivity contribution >= 4 is 22.7 Å². The minimum atomic E-state index is 0.900. The highest BCUT2D eigenvalue weighted by Gasteiger charge is 2.22. The van der Waals surface area contributed by atoms with Crippen LogP contribution in [0.5, 0.6) is 5.75 Å². The van der Waals surface area contributed by atoms with Gasteiger partial charge >= 0.3 is 0 Å². The molecule has 4 rings (SSSR count). The van der Waals surface area contributed by atoms with Crippen LogP contribution in [0, 0.1) is 6.92 Å². The Morgan fingerprint density at radius 1 is 1.25 bits per heavy atom. The molecule has 100 valence electrons. The summed E-state index contributed by atoms with van der Waals surface area (Å²) in [5, 5.41) is 2.37. The number of fused-ring (bicyclic) bond motifs is 5. The van der Waals surface area contributed by atoms with Crippen LogP contribution in [0.4, 0.5) is 0 Å². The van der Waals surface area contributed by atoms with Crippen molar-refractivity contribution in [3.05, 3.63) is 41.6 Å². The maximum Gasteiger partial charge on any atom is 0.119 e. The highest BCUT2D eigenvalue weighted by Crippen LogP contribution is 2.43. The molecule has 3 nitrogen and oxygen atoms in total. The topological polar surface area (TPSA) is 37.9 Å². The number of H-pyrrole nitrogens is 1. The van der Waals surface area contributed by atoms with Crippen molar-refractivity contribution in [1.29, 1.82) is 0 Å². The van der Waals surface area contributed by atoms with Crippen molar-refractivity contribution < 1.29 is 4.74 Å². The van der Waals surface area contributed by atoms with Gasteiger partial charge in [0.15, 0.2) is 0 Å². The number of aryl methyl sites for hydroxylation is 1. The second-order valence-electron chi connectivity index (χ2n) is 4.98. The van der Waals surface area contributed by atoms with Crippen molar-refractivity contribution in [2.75, 3.05) is 7.11 Å². The van der Waals surface area contributed by atoms with Gasteiger partial charge in [0.1, 0.15) is 10.8 Å². The smallest absolute Gasteiger partial charge is 0.119 e. The Kier molecular flexibility index (Phi) is 2.54. The highest BCUT2D eigenvalue weighted by atomic mass is 32.2. The van der Waals surface area contributed by atoms with Gasteiger partial charge in [-0.1, -0.05) is 0 Å². The van der Waals surface area contributed by atoms with Gasteiger partial charge in [0.25, 0.3) is 0 Å². The average molecular weight is 282 g/mol. The Hall–Kier alpha value is -1.94. The van der Waals surface area contributed by atoms with Crippen LogP contribution in [-0.2, 0) is 5.75 Å². The SMILES string of the molecule is COc1ccc2[nH]c3c(c2c1)CSc1nc(C)ccc1-3. The molecule has 1 aliphatic heterocycles. The Morgan fingerprint density at radius 2 is 2.15 bits per heavy atom. The summed E-state index contributed by atoms with van der Waals surface area (Å²) in [5.41, 5.74) is 5.98. The first kappa shape index (κ1) is 11.9. The molecule has 1 N–H and O–H groups in total. The van der Waals surface area contributed by atoms with Gasteiger partial charge in [0.2, 0.25) is 0 Å². The van der Waals surface area contributed by atoms with Crippen LogP contribution in [0.2, 0.25) is 0 Å². The van der Waals surface area contributed by atoms with E-state index in [1.54, 1.807) is 18.9 Å². The molecule has 0 aliphatic carbocycles. The van der Waals surface area contributed by atoms with E-state index in [0.29, 0.717) is 0 Å². The number of aromatic nitrogens is 2. The molecule has 2 aromatic heterocycles. The van der Waals surface area contributed by atoms with Gasteiger partial charge in [0.05, 0.1) is 12.8 Å². The maximum atomic E-state index is 5.33. The van der Waals surface area contributed by atoms with Crippen LogP contribution in [0.1, 0.15) is 11.3 Å². The number of hydrogen-bond donors (Lipinski definition) is 1. The molecule has 0 fully saturated rings. The first-order valence-corrected chi connectivity index (χ1v) is 7.54. The second kappa shape index (κ2) is 4.28. The van der Waals surface area contributed by atoms with E-state index < -0.39 is 0 Å². The van der Waals surface area contributed by atoms with Crippen molar-refractivity contribution in [1.82, 2.24) is 9.97 Å². The van der Waals surface area contributed by atoms with Gasteiger partial charge in [0, 0.05) is 27.9 Å². The molecular weight excluding hydrogens is 268 g/mol. The van der Waals surface area contributed by atoms with Crippen molar-refractivity contribution in [3.63, 3.8) is 0 Å². The monoisotopic (exact) mass is 282 g/mol. The van der Waals surface area contributed by atoms with Gasteiger partial charge < -0.3 is 9.72 Å². The Morgan fingerprint density at radius 3 is 3.00 bits per heavy atom. The van der Waals surface area contributed by atoms with Gasteiger partial charge in [-0.3, -0.25) is 0 Å². The van der Waals surface area contributed by atoms with Crippen molar-refractivity contribution in [3.8, 4) is 17.0 Å². The largest absolute Gasteiger partial charge is 0.497 e. The lowest BCUT2D eigenvalue weighted by Gasteiger charge is -2.15. The van der Waals surface area contributed by atoms with E-state index in [9.17, 15) is 0 Å². The lowest BCUT2D eigenvalue weighted by atomic mass is 10.1. The van der Waals surface area contributed by atoms with Crippen molar-refractivity contribution in [2.45, 2.75) is 17.7 Å². The third-order valence-electron chi connectivity index (χ3n) is 3.74. The van der Waals surface area contributed by atoms with Crippen LogP contribution in [0.25, 0.3) is 22.2 Å². The lowest BCUT2D eigenvalue weighted by Crippen LogP contribution is -1.97. The van der Waals surface area contributed by atoms with E-state index in [0.717, 1.165) is 27.7 Å². The van der Waals surface area contributed by atoms with Crippen LogP contribution < -0.4 is 4.74 Å². The maximum absolute atomic E-state index is 5.33.